The molecule has 0 aromatic carbocycles. The van der Waals surface area contributed by atoms with Crippen LogP contribution in [0.2, 0.25) is 0 Å². The van der Waals surface area contributed by atoms with Crippen LogP contribution < -0.4 is 0 Å². The van der Waals surface area contributed by atoms with E-state index in [1.807, 2.05) is 0 Å². The van der Waals surface area contributed by atoms with Crippen LogP contribution in [0.15, 0.2) is 0 Å². The molecular weight excluding hydrogens is 186 g/mol. The van der Waals surface area contributed by atoms with Crippen molar-refractivity contribution in [3.05, 3.63) is 0 Å². The number of halogens is 6. The Morgan fingerprint density at radius 1 is 1.00 bits per heavy atom. The van der Waals surface area contributed by atoms with Gasteiger partial charge in [-0.15, -0.1) is 0 Å². The first-order chi connectivity index (χ1) is 5.17. The Hall–Kier alpha value is -0.420. The van der Waals surface area contributed by atoms with E-state index in [4.69, 9.17) is 0 Å². The summed E-state index contributed by atoms with van der Waals surface area (Å²) in [5.74, 6) is -2.27. The summed E-state index contributed by atoms with van der Waals surface area (Å²) < 4.78 is 69.8. The van der Waals surface area contributed by atoms with Crippen LogP contribution in [0.5, 0.6) is 0 Å². The van der Waals surface area contributed by atoms with Gasteiger partial charge in [-0.25, -0.2) is 0 Å². The van der Waals surface area contributed by atoms with Gasteiger partial charge in [0.15, 0.2) is 0 Å². The topological polar surface area (TPSA) is 0 Å². The predicted octanol–water partition coefficient (Wildman–Crippen LogP) is 3.53. The molecule has 0 N–H and O–H groups in total. The van der Waals surface area contributed by atoms with E-state index in [0.29, 0.717) is 0 Å². The van der Waals surface area contributed by atoms with Crippen molar-refractivity contribution in [2.45, 2.75) is 32.1 Å². The first-order valence-corrected chi connectivity index (χ1v) is 3.30. The second-order valence-electron chi connectivity index (χ2n) is 2.47. The molecule has 0 nitrogen and oxygen atoms in total. The van der Waals surface area contributed by atoms with Gasteiger partial charge in [0.25, 0.3) is 0 Å². The minimum atomic E-state index is -4.75. The fourth-order valence-corrected chi connectivity index (χ4v) is 0.771. The molecule has 0 heterocycles. The maximum absolute atomic E-state index is 11.8. The fraction of sp³-hybridized carbons (Fsp3) is 1.00. The van der Waals surface area contributed by atoms with Gasteiger partial charge < -0.3 is 0 Å². The number of hydrogen-bond donors (Lipinski definition) is 0. The highest BCUT2D eigenvalue weighted by molar-refractivity contribution is 4.69. The normalized spacial score (nSPS) is 16.2. The zero-order valence-electron chi connectivity index (χ0n) is 6.26. The second kappa shape index (κ2) is 3.53. The zero-order valence-corrected chi connectivity index (χ0v) is 6.26. The molecule has 0 saturated heterocycles. The molecule has 0 aliphatic carbocycles. The third-order valence-electron chi connectivity index (χ3n) is 1.43. The molecule has 1 atom stereocenters. The van der Waals surface area contributed by atoms with Crippen molar-refractivity contribution in [1.29, 1.82) is 0 Å². The summed E-state index contributed by atoms with van der Waals surface area (Å²) in [7, 11) is 0. The van der Waals surface area contributed by atoms with Crippen LogP contribution in [0, 0.1) is 5.92 Å². The molecule has 0 spiro atoms. The highest BCUT2D eigenvalue weighted by atomic mass is 19.4. The van der Waals surface area contributed by atoms with E-state index in [9.17, 15) is 26.3 Å². The van der Waals surface area contributed by atoms with Gasteiger partial charge in [0.1, 0.15) is 0 Å². The van der Waals surface area contributed by atoms with Crippen LogP contribution in [0.3, 0.4) is 0 Å². The van der Waals surface area contributed by atoms with Crippen LogP contribution in [0.4, 0.5) is 26.3 Å². The van der Waals surface area contributed by atoms with Gasteiger partial charge >= 0.3 is 12.4 Å². The van der Waals surface area contributed by atoms with E-state index in [-0.39, 0.29) is 0 Å². The van der Waals surface area contributed by atoms with Crippen molar-refractivity contribution < 1.29 is 26.3 Å². The summed E-state index contributed by atoms with van der Waals surface area (Å²) in [6.07, 6.45) is -11.8. The highest BCUT2D eigenvalue weighted by Gasteiger charge is 2.45. The first kappa shape index (κ1) is 11.6. The van der Waals surface area contributed by atoms with Crippen molar-refractivity contribution >= 4 is 0 Å². The van der Waals surface area contributed by atoms with E-state index in [1.165, 1.54) is 0 Å². The molecule has 0 bridgehead atoms. The van der Waals surface area contributed by atoms with Crippen molar-refractivity contribution in [3.63, 3.8) is 0 Å². The van der Waals surface area contributed by atoms with E-state index < -0.39 is 31.1 Å². The average Bonchev–Trinajstić information content (AvgIpc) is 1.78. The molecule has 0 saturated carbocycles. The van der Waals surface area contributed by atoms with Crippen LogP contribution in [0.1, 0.15) is 19.8 Å². The number of alkyl halides is 6. The molecule has 0 aliphatic rings. The Labute approximate surface area is 65.6 Å². The van der Waals surface area contributed by atoms with E-state index in [0.717, 1.165) is 6.92 Å². The lowest BCUT2D eigenvalue weighted by Crippen LogP contribution is -2.27. The largest absolute Gasteiger partial charge is 0.392 e. The van der Waals surface area contributed by atoms with E-state index in [1.54, 1.807) is 0 Å². The number of rotatable bonds is 2. The summed E-state index contributed by atoms with van der Waals surface area (Å²) >= 11 is 0. The summed E-state index contributed by atoms with van der Waals surface area (Å²) in [6, 6.07) is 0. The molecule has 0 aromatic rings. The van der Waals surface area contributed by atoms with Crippen molar-refractivity contribution in [3.8, 4) is 0 Å². The highest BCUT2D eigenvalue weighted by Crippen LogP contribution is 2.37. The number of hydrogen-bond acceptors (Lipinski definition) is 0. The van der Waals surface area contributed by atoms with Gasteiger partial charge in [-0.05, 0) is 6.42 Å². The molecule has 74 valence electrons. The molecule has 0 amide bonds. The smallest absolute Gasteiger partial charge is 0.171 e. The lowest BCUT2D eigenvalue weighted by molar-refractivity contribution is -0.219. The summed E-state index contributed by atoms with van der Waals surface area (Å²) in [4.78, 5) is 0. The Morgan fingerprint density at radius 3 is 1.50 bits per heavy atom. The van der Waals surface area contributed by atoms with Crippen molar-refractivity contribution in [1.82, 2.24) is 0 Å². The molecule has 12 heavy (non-hydrogen) atoms. The minimum absolute atomic E-state index is 0.539. The van der Waals surface area contributed by atoms with Gasteiger partial charge in [-0.2, -0.15) is 26.3 Å². The molecule has 0 aliphatic heterocycles. The first-order valence-electron chi connectivity index (χ1n) is 3.30. The standard InChI is InChI=1S/C6H8F6/c1-2-4(6(10,11)12)3-5(7,8)9/h4H,2-3H2,1H3/t4-/m1/s1. The molecule has 0 radical (unpaired) electrons. The molecule has 0 fully saturated rings. The van der Waals surface area contributed by atoms with Crippen molar-refractivity contribution in [2.24, 2.45) is 5.92 Å². The monoisotopic (exact) mass is 194 g/mol. The summed E-state index contributed by atoms with van der Waals surface area (Å²) in [5.41, 5.74) is 0. The average molecular weight is 194 g/mol. The minimum Gasteiger partial charge on any atom is -0.171 e. The van der Waals surface area contributed by atoms with E-state index in [2.05, 4.69) is 0 Å². The summed E-state index contributed by atoms with van der Waals surface area (Å²) in [6.45, 7) is 1.09. The third kappa shape index (κ3) is 4.46. The SMILES string of the molecule is CC[C@H](CC(F)(F)F)C(F)(F)F. The Bertz CT molecular complexity index is 132. The van der Waals surface area contributed by atoms with Crippen LogP contribution in [-0.2, 0) is 0 Å². The van der Waals surface area contributed by atoms with Gasteiger partial charge in [0, 0.05) is 0 Å². The van der Waals surface area contributed by atoms with Gasteiger partial charge in [-0.3, -0.25) is 0 Å². The fourth-order valence-electron chi connectivity index (χ4n) is 0.771. The molecule has 0 rings (SSSR count). The predicted molar refractivity (Wildman–Crippen MR) is 30.5 cm³/mol. The van der Waals surface area contributed by atoms with Gasteiger partial charge in [0.05, 0.1) is 12.3 Å². The molecule has 0 unspecified atom stereocenters. The zero-order chi connectivity index (χ0) is 9.99. The van der Waals surface area contributed by atoms with Crippen LogP contribution in [-0.4, -0.2) is 12.4 Å². The Kier molecular flexibility index (Phi) is 3.41. The third-order valence-corrected chi connectivity index (χ3v) is 1.43. The maximum atomic E-state index is 11.8. The van der Waals surface area contributed by atoms with E-state index >= 15 is 0 Å². The summed E-state index contributed by atoms with van der Waals surface area (Å²) in [5, 5.41) is 0. The van der Waals surface area contributed by atoms with Crippen LogP contribution >= 0.6 is 0 Å². The Balaban J connectivity index is 4.20. The molecule has 0 aromatic heterocycles. The molecular formula is C6H8F6. The molecule has 6 heteroatoms. The lowest BCUT2D eigenvalue weighted by atomic mass is 10.0. The van der Waals surface area contributed by atoms with Crippen molar-refractivity contribution in [2.75, 3.05) is 0 Å². The van der Waals surface area contributed by atoms with Gasteiger partial charge in [0.2, 0.25) is 0 Å². The quantitative estimate of drug-likeness (QED) is 0.590. The van der Waals surface area contributed by atoms with Crippen LogP contribution in [0.25, 0.3) is 0 Å². The van der Waals surface area contributed by atoms with Gasteiger partial charge in [-0.1, -0.05) is 6.92 Å². The Morgan fingerprint density at radius 2 is 1.42 bits per heavy atom. The maximum Gasteiger partial charge on any atom is 0.392 e. The lowest BCUT2D eigenvalue weighted by Gasteiger charge is -2.19. The second-order valence-corrected chi connectivity index (χ2v) is 2.47.